The molecule has 5 nitrogen and oxygen atoms in total. The third kappa shape index (κ3) is 3.82. The van der Waals surface area contributed by atoms with Crippen molar-refractivity contribution in [1.82, 2.24) is 5.32 Å². The van der Waals surface area contributed by atoms with E-state index >= 15 is 0 Å². The predicted octanol–water partition coefficient (Wildman–Crippen LogP) is 3.97. The number of phenolic OH excluding ortho intramolecular Hbond substituents is 1. The number of ether oxygens (including phenoxy) is 2. The zero-order chi connectivity index (χ0) is 17.9. The van der Waals surface area contributed by atoms with Gasteiger partial charge in [0.25, 0.3) is 5.91 Å². The van der Waals surface area contributed by atoms with Crippen molar-refractivity contribution in [2.45, 2.75) is 19.9 Å². The van der Waals surface area contributed by atoms with Crippen LogP contribution >= 0.6 is 15.9 Å². The molecule has 0 spiro atoms. The van der Waals surface area contributed by atoms with Gasteiger partial charge in [0.2, 0.25) is 0 Å². The average molecular weight is 394 g/mol. The molecule has 6 heteroatoms. The molecule has 24 heavy (non-hydrogen) atoms. The van der Waals surface area contributed by atoms with Gasteiger partial charge in [-0.1, -0.05) is 17.7 Å². The number of hydrogen-bond acceptors (Lipinski definition) is 4. The molecule has 0 aliphatic carbocycles. The van der Waals surface area contributed by atoms with Crippen molar-refractivity contribution < 1.29 is 19.4 Å². The Hall–Kier alpha value is -2.21. The fraction of sp³-hybridized carbons (Fsp3) is 0.278. The molecule has 0 aliphatic heterocycles. The van der Waals surface area contributed by atoms with Crippen LogP contribution in [0.3, 0.4) is 0 Å². The minimum Gasteiger partial charge on any atom is -0.503 e. The van der Waals surface area contributed by atoms with E-state index in [4.69, 9.17) is 9.47 Å². The van der Waals surface area contributed by atoms with Crippen LogP contribution in [0.5, 0.6) is 17.2 Å². The first-order chi connectivity index (χ1) is 11.4. The fourth-order valence-electron chi connectivity index (χ4n) is 2.41. The van der Waals surface area contributed by atoms with Crippen LogP contribution in [0.1, 0.15) is 34.5 Å². The molecule has 0 heterocycles. The molecule has 128 valence electrons. The van der Waals surface area contributed by atoms with E-state index in [2.05, 4.69) is 21.2 Å². The van der Waals surface area contributed by atoms with E-state index in [1.807, 2.05) is 32.0 Å². The van der Waals surface area contributed by atoms with E-state index < -0.39 is 0 Å². The summed E-state index contributed by atoms with van der Waals surface area (Å²) in [6.45, 7) is 3.88. The summed E-state index contributed by atoms with van der Waals surface area (Å²) in [4.78, 5) is 12.5. The molecule has 0 radical (unpaired) electrons. The number of halogens is 1. The Kier molecular flexibility index (Phi) is 5.72. The second-order valence-electron chi connectivity index (χ2n) is 5.45. The minimum absolute atomic E-state index is 0.0394. The van der Waals surface area contributed by atoms with Gasteiger partial charge < -0.3 is 19.9 Å². The monoisotopic (exact) mass is 393 g/mol. The molecule has 2 aromatic rings. The quantitative estimate of drug-likeness (QED) is 0.806. The number of methoxy groups -OCH3 is 2. The number of benzene rings is 2. The van der Waals surface area contributed by atoms with Crippen LogP contribution in [0.15, 0.2) is 34.8 Å². The van der Waals surface area contributed by atoms with Crippen LogP contribution in [0.4, 0.5) is 0 Å². The first kappa shape index (κ1) is 18.1. The number of carbonyl (C=O) groups excluding carboxylic acids is 1. The van der Waals surface area contributed by atoms with Crippen molar-refractivity contribution in [2.75, 3.05) is 14.2 Å². The lowest BCUT2D eigenvalue weighted by molar-refractivity contribution is 0.0939. The maximum absolute atomic E-state index is 12.5. The molecule has 2 aromatic carbocycles. The first-order valence-electron chi connectivity index (χ1n) is 7.39. The van der Waals surface area contributed by atoms with E-state index in [0.29, 0.717) is 10.0 Å². The zero-order valence-electron chi connectivity index (χ0n) is 14.0. The lowest BCUT2D eigenvalue weighted by Gasteiger charge is -2.18. The van der Waals surface area contributed by atoms with Gasteiger partial charge in [-0.25, -0.2) is 0 Å². The van der Waals surface area contributed by atoms with Crippen LogP contribution < -0.4 is 14.8 Å². The summed E-state index contributed by atoms with van der Waals surface area (Å²) in [6.07, 6.45) is 0. The maximum Gasteiger partial charge on any atom is 0.251 e. The van der Waals surface area contributed by atoms with Gasteiger partial charge in [-0.15, -0.1) is 0 Å². The molecule has 0 aliphatic rings. The Morgan fingerprint density at radius 1 is 1.17 bits per heavy atom. The van der Waals surface area contributed by atoms with Crippen LogP contribution in [0, 0.1) is 6.92 Å². The largest absolute Gasteiger partial charge is 0.503 e. The highest BCUT2D eigenvalue weighted by Gasteiger charge is 2.18. The van der Waals surface area contributed by atoms with Crippen molar-refractivity contribution in [3.05, 3.63) is 51.5 Å². The van der Waals surface area contributed by atoms with Crippen LogP contribution in [0.2, 0.25) is 0 Å². The topological polar surface area (TPSA) is 67.8 Å². The van der Waals surface area contributed by atoms with Gasteiger partial charge in [0.1, 0.15) is 5.75 Å². The Morgan fingerprint density at radius 3 is 2.46 bits per heavy atom. The lowest BCUT2D eigenvalue weighted by atomic mass is 10.0. The normalized spacial score (nSPS) is 11.7. The van der Waals surface area contributed by atoms with Gasteiger partial charge in [-0.2, -0.15) is 0 Å². The summed E-state index contributed by atoms with van der Waals surface area (Å²) in [5.74, 6) is 0.640. The molecule has 2 rings (SSSR count). The number of phenols is 1. The molecule has 0 fully saturated rings. The van der Waals surface area contributed by atoms with E-state index in [1.54, 1.807) is 13.2 Å². The molecular formula is C18H20BrNO4. The number of aryl methyl sites for hydroxylation is 1. The number of nitrogens with one attached hydrogen (secondary N) is 1. The standard InChI is InChI=1S/C18H20BrNO4/c1-10-5-6-15(23-3)13(7-10)11(2)20-18(22)12-8-14(19)17(21)16(9-12)24-4/h5-9,11,21H,1-4H3,(H,20,22). The molecule has 1 amide bonds. The van der Waals surface area contributed by atoms with Gasteiger partial charge >= 0.3 is 0 Å². The van der Waals surface area contributed by atoms with Gasteiger partial charge in [-0.05, 0) is 48.0 Å². The average Bonchev–Trinajstić information content (AvgIpc) is 2.56. The lowest BCUT2D eigenvalue weighted by Crippen LogP contribution is -2.27. The summed E-state index contributed by atoms with van der Waals surface area (Å²) in [5.41, 5.74) is 2.37. The smallest absolute Gasteiger partial charge is 0.251 e. The SMILES string of the molecule is COc1ccc(C)cc1C(C)NC(=O)c1cc(Br)c(O)c(OC)c1. The molecule has 0 saturated carbocycles. The highest BCUT2D eigenvalue weighted by atomic mass is 79.9. The summed E-state index contributed by atoms with van der Waals surface area (Å²) < 4.78 is 10.8. The minimum atomic E-state index is -0.273. The molecule has 0 saturated heterocycles. The highest BCUT2D eigenvalue weighted by Crippen LogP contribution is 2.35. The second-order valence-corrected chi connectivity index (χ2v) is 6.30. The van der Waals surface area contributed by atoms with Crippen molar-refractivity contribution in [1.29, 1.82) is 0 Å². The maximum atomic E-state index is 12.5. The van der Waals surface area contributed by atoms with E-state index in [-0.39, 0.29) is 23.4 Å². The molecule has 1 atom stereocenters. The molecular weight excluding hydrogens is 374 g/mol. The molecule has 0 aromatic heterocycles. The van der Waals surface area contributed by atoms with E-state index in [1.165, 1.54) is 13.2 Å². The number of aromatic hydroxyl groups is 1. The second kappa shape index (κ2) is 7.57. The summed E-state index contributed by atoms with van der Waals surface area (Å²) in [7, 11) is 3.04. The Balaban J connectivity index is 2.27. The van der Waals surface area contributed by atoms with Gasteiger partial charge in [-0.3, -0.25) is 4.79 Å². The fourth-order valence-corrected chi connectivity index (χ4v) is 2.85. The first-order valence-corrected chi connectivity index (χ1v) is 8.18. The zero-order valence-corrected chi connectivity index (χ0v) is 15.6. The van der Waals surface area contributed by atoms with E-state index in [0.717, 1.165) is 16.9 Å². The summed E-state index contributed by atoms with van der Waals surface area (Å²) in [5, 5.41) is 12.8. The van der Waals surface area contributed by atoms with Gasteiger partial charge in [0.05, 0.1) is 24.7 Å². The Labute approximate surface area is 149 Å². The predicted molar refractivity (Wildman–Crippen MR) is 96.0 cm³/mol. The molecule has 1 unspecified atom stereocenters. The van der Waals surface area contributed by atoms with E-state index in [9.17, 15) is 9.90 Å². The Morgan fingerprint density at radius 2 is 1.83 bits per heavy atom. The number of amides is 1. The molecule has 0 bridgehead atoms. The van der Waals surface area contributed by atoms with Crippen molar-refractivity contribution >= 4 is 21.8 Å². The number of rotatable bonds is 5. The third-order valence-corrected chi connectivity index (χ3v) is 4.31. The highest BCUT2D eigenvalue weighted by molar-refractivity contribution is 9.10. The van der Waals surface area contributed by atoms with Crippen LogP contribution in [-0.4, -0.2) is 25.2 Å². The summed E-state index contributed by atoms with van der Waals surface area (Å²) >= 11 is 3.22. The Bertz CT molecular complexity index is 761. The van der Waals surface area contributed by atoms with Crippen molar-refractivity contribution in [2.24, 2.45) is 0 Å². The molecule has 2 N–H and O–H groups in total. The number of carbonyl (C=O) groups is 1. The summed E-state index contributed by atoms with van der Waals surface area (Å²) in [6, 6.07) is 8.62. The third-order valence-electron chi connectivity index (χ3n) is 3.71. The van der Waals surface area contributed by atoms with Gasteiger partial charge in [0.15, 0.2) is 11.5 Å². The van der Waals surface area contributed by atoms with Crippen molar-refractivity contribution in [3.63, 3.8) is 0 Å². The van der Waals surface area contributed by atoms with Crippen LogP contribution in [-0.2, 0) is 0 Å². The van der Waals surface area contributed by atoms with Crippen LogP contribution in [0.25, 0.3) is 0 Å². The van der Waals surface area contributed by atoms with Gasteiger partial charge in [0, 0.05) is 11.1 Å². The number of hydrogen-bond donors (Lipinski definition) is 2. The van der Waals surface area contributed by atoms with Crippen molar-refractivity contribution in [3.8, 4) is 17.2 Å².